The van der Waals surface area contributed by atoms with E-state index in [4.69, 9.17) is 0 Å². The molecule has 2 heteroatoms. The molecule has 0 spiro atoms. The number of hydrogen-bond acceptors (Lipinski definition) is 1. The van der Waals surface area contributed by atoms with E-state index in [2.05, 4.69) is 59.0 Å². The molecule has 0 aromatic heterocycles. The predicted molar refractivity (Wildman–Crippen MR) is 88.6 cm³/mol. The molecule has 116 valence electrons. The third-order valence-electron chi connectivity index (χ3n) is 4.68. The second-order valence-electron chi connectivity index (χ2n) is 7.70. The molecule has 21 heavy (non-hydrogen) atoms. The molecule has 0 saturated heterocycles. The summed E-state index contributed by atoms with van der Waals surface area (Å²) in [5.74, 6) is 1.10. The van der Waals surface area contributed by atoms with Crippen LogP contribution < -0.4 is 5.32 Å². The van der Waals surface area contributed by atoms with Crippen LogP contribution in [0.15, 0.2) is 12.1 Å². The third kappa shape index (κ3) is 3.87. The molecule has 0 heterocycles. The first-order chi connectivity index (χ1) is 9.70. The number of amides is 1. The molecule has 1 N–H and O–H groups in total. The van der Waals surface area contributed by atoms with E-state index < -0.39 is 0 Å². The molecule has 2 atom stereocenters. The molecular weight excluding hydrogens is 258 g/mol. The van der Waals surface area contributed by atoms with Gasteiger partial charge in [-0.1, -0.05) is 39.8 Å². The van der Waals surface area contributed by atoms with E-state index in [1.54, 1.807) is 0 Å². The smallest absolute Gasteiger partial charge is 0.223 e. The first kappa shape index (κ1) is 16.1. The van der Waals surface area contributed by atoms with Gasteiger partial charge < -0.3 is 5.32 Å². The zero-order chi connectivity index (χ0) is 15.8. The van der Waals surface area contributed by atoms with E-state index in [9.17, 15) is 4.79 Å². The van der Waals surface area contributed by atoms with Gasteiger partial charge in [-0.25, -0.2) is 0 Å². The highest BCUT2D eigenvalue weighted by Crippen LogP contribution is 2.37. The topological polar surface area (TPSA) is 29.1 Å². The summed E-state index contributed by atoms with van der Waals surface area (Å²) in [4.78, 5) is 11.9. The van der Waals surface area contributed by atoms with Crippen LogP contribution in [0.2, 0.25) is 0 Å². The number of carbonyl (C=O) groups is 1. The molecule has 2 nitrogen and oxygen atoms in total. The minimum Gasteiger partial charge on any atom is -0.356 e. The summed E-state index contributed by atoms with van der Waals surface area (Å²) in [5, 5.41) is 3.08. The van der Waals surface area contributed by atoms with E-state index in [1.807, 2.05) is 0 Å². The van der Waals surface area contributed by atoms with Crippen LogP contribution in [0.5, 0.6) is 0 Å². The molecular formula is C19H29NO. The number of hydrogen-bond donors (Lipinski definition) is 1. The van der Waals surface area contributed by atoms with Crippen molar-refractivity contribution in [3.8, 4) is 0 Å². The Bertz CT molecular complexity index is 516. The summed E-state index contributed by atoms with van der Waals surface area (Å²) >= 11 is 0. The second-order valence-corrected chi connectivity index (χ2v) is 7.70. The lowest BCUT2D eigenvalue weighted by Gasteiger charge is -2.22. The Morgan fingerprint density at radius 1 is 1.24 bits per heavy atom. The Morgan fingerprint density at radius 3 is 2.19 bits per heavy atom. The van der Waals surface area contributed by atoms with Gasteiger partial charge in [0.25, 0.3) is 0 Å². The Hall–Kier alpha value is -1.31. The van der Waals surface area contributed by atoms with E-state index in [-0.39, 0.29) is 17.2 Å². The van der Waals surface area contributed by atoms with Crippen molar-refractivity contribution in [2.45, 2.75) is 59.8 Å². The molecule has 1 aliphatic carbocycles. The van der Waals surface area contributed by atoms with E-state index in [1.165, 1.54) is 22.3 Å². The van der Waals surface area contributed by atoms with Gasteiger partial charge in [-0.2, -0.15) is 0 Å². The van der Waals surface area contributed by atoms with Crippen LogP contribution in [0.25, 0.3) is 0 Å². The molecule has 2 rings (SSSR count). The normalized spacial score (nSPS) is 21.2. The van der Waals surface area contributed by atoms with Gasteiger partial charge >= 0.3 is 0 Å². The van der Waals surface area contributed by atoms with Crippen LogP contribution in [-0.2, 0) is 16.6 Å². The largest absolute Gasteiger partial charge is 0.356 e. The van der Waals surface area contributed by atoms with Crippen molar-refractivity contribution in [1.82, 2.24) is 5.32 Å². The van der Waals surface area contributed by atoms with Gasteiger partial charge in [-0.05, 0) is 60.3 Å². The predicted octanol–water partition coefficient (Wildman–Crippen LogP) is 3.92. The minimum absolute atomic E-state index is 0.185. The molecule has 0 bridgehead atoms. The maximum absolute atomic E-state index is 11.9. The Balaban J connectivity index is 1.99. The van der Waals surface area contributed by atoms with Crippen LogP contribution in [0.3, 0.4) is 0 Å². The summed E-state index contributed by atoms with van der Waals surface area (Å²) in [6, 6.07) is 4.60. The fraction of sp³-hybridized carbons (Fsp3) is 0.632. The van der Waals surface area contributed by atoms with Crippen LogP contribution in [-0.4, -0.2) is 12.5 Å². The van der Waals surface area contributed by atoms with Crippen molar-refractivity contribution in [2.24, 2.45) is 11.8 Å². The van der Waals surface area contributed by atoms with Crippen LogP contribution >= 0.6 is 0 Å². The number of benzene rings is 1. The first-order valence-corrected chi connectivity index (χ1v) is 8.08. The molecule has 0 radical (unpaired) electrons. The van der Waals surface area contributed by atoms with E-state index in [0.717, 1.165) is 19.4 Å². The van der Waals surface area contributed by atoms with Crippen molar-refractivity contribution >= 4 is 5.91 Å². The minimum atomic E-state index is 0.185. The van der Waals surface area contributed by atoms with Crippen LogP contribution in [0.4, 0.5) is 0 Å². The summed E-state index contributed by atoms with van der Waals surface area (Å²) in [6.45, 7) is 14.0. The summed E-state index contributed by atoms with van der Waals surface area (Å²) in [5.41, 5.74) is 5.64. The first-order valence-electron chi connectivity index (χ1n) is 8.08. The molecule has 0 unspecified atom stereocenters. The summed E-state index contributed by atoms with van der Waals surface area (Å²) in [7, 11) is 0. The third-order valence-corrected chi connectivity index (χ3v) is 4.68. The highest BCUT2D eigenvalue weighted by Gasteiger charge is 2.38. The zero-order valence-corrected chi connectivity index (χ0v) is 14.3. The summed E-state index contributed by atoms with van der Waals surface area (Å²) in [6.07, 6.45) is 1.99. The van der Waals surface area contributed by atoms with Crippen molar-refractivity contribution in [3.63, 3.8) is 0 Å². The van der Waals surface area contributed by atoms with Gasteiger partial charge in [0, 0.05) is 12.5 Å². The highest BCUT2D eigenvalue weighted by molar-refractivity contribution is 5.81. The van der Waals surface area contributed by atoms with Gasteiger partial charge in [-0.3, -0.25) is 4.79 Å². The molecule has 1 aromatic carbocycles. The Kier molecular flexibility index (Phi) is 4.46. The van der Waals surface area contributed by atoms with Crippen molar-refractivity contribution in [2.75, 3.05) is 6.54 Å². The average molecular weight is 287 g/mol. The van der Waals surface area contributed by atoms with Gasteiger partial charge in [0.2, 0.25) is 5.91 Å². The lowest BCUT2D eigenvalue weighted by molar-refractivity contribution is -0.122. The standard InChI is InChI=1S/C19H29NO/c1-12-9-15(19(4,5)6)10-13(2)16(12)7-8-20-18(21)17-11-14(17)3/h9-10,14,17H,7-8,11H2,1-6H3,(H,20,21)/t14-,17+/m1/s1. The van der Waals surface area contributed by atoms with Crippen molar-refractivity contribution < 1.29 is 4.79 Å². The van der Waals surface area contributed by atoms with E-state index >= 15 is 0 Å². The molecule has 1 aromatic rings. The monoisotopic (exact) mass is 287 g/mol. The van der Waals surface area contributed by atoms with E-state index in [0.29, 0.717) is 5.92 Å². The van der Waals surface area contributed by atoms with Crippen molar-refractivity contribution in [1.29, 1.82) is 0 Å². The molecule has 0 aliphatic heterocycles. The maximum atomic E-state index is 11.9. The van der Waals surface area contributed by atoms with Gasteiger partial charge in [0.15, 0.2) is 0 Å². The summed E-state index contributed by atoms with van der Waals surface area (Å²) < 4.78 is 0. The lowest BCUT2D eigenvalue weighted by Crippen LogP contribution is -2.28. The van der Waals surface area contributed by atoms with Crippen molar-refractivity contribution in [3.05, 3.63) is 34.4 Å². The lowest BCUT2D eigenvalue weighted by atomic mass is 9.83. The van der Waals surface area contributed by atoms with Crippen LogP contribution in [0, 0.1) is 25.7 Å². The number of nitrogens with one attached hydrogen (secondary N) is 1. The molecule has 1 saturated carbocycles. The maximum Gasteiger partial charge on any atom is 0.223 e. The SMILES string of the molecule is Cc1cc(C(C)(C)C)cc(C)c1CCNC(=O)[C@H]1C[C@H]1C. The molecule has 1 aliphatic rings. The van der Waals surface area contributed by atoms with Gasteiger partial charge in [0.05, 0.1) is 0 Å². The average Bonchev–Trinajstić information content (AvgIpc) is 3.08. The fourth-order valence-electron chi connectivity index (χ4n) is 2.95. The number of aryl methyl sites for hydroxylation is 2. The molecule has 1 amide bonds. The molecule has 1 fully saturated rings. The fourth-order valence-corrected chi connectivity index (χ4v) is 2.95. The quantitative estimate of drug-likeness (QED) is 0.893. The number of carbonyl (C=O) groups excluding carboxylic acids is 1. The van der Waals surface area contributed by atoms with Gasteiger partial charge in [-0.15, -0.1) is 0 Å². The second kappa shape index (κ2) is 5.82. The van der Waals surface area contributed by atoms with Crippen LogP contribution in [0.1, 0.15) is 56.4 Å². The zero-order valence-electron chi connectivity index (χ0n) is 14.3. The highest BCUT2D eigenvalue weighted by atomic mass is 16.2. The van der Waals surface area contributed by atoms with Gasteiger partial charge in [0.1, 0.15) is 0 Å². The Labute approximate surface area is 129 Å². The number of rotatable bonds is 4. The Morgan fingerprint density at radius 2 is 1.76 bits per heavy atom.